The number of benzene rings is 2. The van der Waals surface area contributed by atoms with Crippen LogP contribution in [0.1, 0.15) is 36.8 Å². The van der Waals surface area contributed by atoms with Crippen LogP contribution in [0.15, 0.2) is 72.1 Å². The van der Waals surface area contributed by atoms with Crippen LogP contribution in [0, 0.1) is 6.92 Å². The molecular weight excluding hydrogens is 462 g/mol. The van der Waals surface area contributed by atoms with Gasteiger partial charge in [0.2, 0.25) is 0 Å². The molecule has 1 aliphatic rings. The molecule has 2 aromatic carbocycles. The third-order valence-corrected chi connectivity index (χ3v) is 6.74. The van der Waals surface area contributed by atoms with Gasteiger partial charge in [-0.25, -0.2) is 9.67 Å². The lowest BCUT2D eigenvalue weighted by atomic mass is 10.1. The average molecular weight is 480 g/mol. The molecule has 0 aliphatic carbocycles. The molecule has 0 atom stereocenters. The van der Waals surface area contributed by atoms with Crippen molar-refractivity contribution in [3.63, 3.8) is 0 Å². The Morgan fingerprint density at radius 3 is 2.60 bits per heavy atom. The number of nitrogens with zero attached hydrogens (tertiary/aromatic N) is 3. The van der Waals surface area contributed by atoms with Crippen LogP contribution in [0.3, 0.4) is 0 Å². The van der Waals surface area contributed by atoms with Gasteiger partial charge in [-0.3, -0.25) is 19.7 Å². The normalized spacial score (nSPS) is 12.6. The van der Waals surface area contributed by atoms with Crippen LogP contribution in [0.4, 0.5) is 5.69 Å². The van der Waals surface area contributed by atoms with Crippen molar-refractivity contribution in [3.8, 4) is 16.3 Å². The molecular formula is C26H17N5O3S. The molecule has 0 bridgehead atoms. The fourth-order valence-electron chi connectivity index (χ4n) is 4.28. The first-order valence-corrected chi connectivity index (χ1v) is 11.7. The zero-order chi connectivity index (χ0) is 24.1. The Kier molecular flexibility index (Phi) is 4.78. The molecule has 0 unspecified atom stereocenters. The van der Waals surface area contributed by atoms with Crippen molar-refractivity contribution in [1.82, 2.24) is 20.1 Å². The van der Waals surface area contributed by atoms with Gasteiger partial charge >= 0.3 is 0 Å². The molecule has 3 amide bonds. The zero-order valence-electron chi connectivity index (χ0n) is 18.4. The Morgan fingerprint density at radius 2 is 1.83 bits per heavy atom. The molecule has 6 rings (SSSR count). The fourth-order valence-corrected chi connectivity index (χ4v) is 4.97. The SMILES string of the molecule is Cc1nn(-c2ccccc2)c2nc(-c3cccs3)cc(C(=O)Nc3cccc4c3C(=O)NC4=O)c12. The molecule has 35 heavy (non-hydrogen) atoms. The largest absolute Gasteiger partial charge is 0.321 e. The number of thiophene rings is 1. The quantitative estimate of drug-likeness (QED) is 0.367. The van der Waals surface area contributed by atoms with Gasteiger partial charge in [0.25, 0.3) is 17.7 Å². The molecule has 9 heteroatoms. The van der Waals surface area contributed by atoms with E-state index >= 15 is 0 Å². The van der Waals surface area contributed by atoms with E-state index in [-0.39, 0.29) is 16.8 Å². The first kappa shape index (κ1) is 20.9. The van der Waals surface area contributed by atoms with E-state index in [2.05, 4.69) is 15.7 Å². The first-order valence-electron chi connectivity index (χ1n) is 10.8. The van der Waals surface area contributed by atoms with E-state index in [9.17, 15) is 14.4 Å². The lowest BCUT2D eigenvalue weighted by molar-refractivity contribution is 0.0879. The number of carbonyl (C=O) groups excluding carboxylic acids is 3. The molecule has 0 fully saturated rings. The van der Waals surface area contributed by atoms with Crippen LogP contribution >= 0.6 is 11.3 Å². The van der Waals surface area contributed by atoms with Crippen molar-refractivity contribution >= 4 is 45.8 Å². The maximum atomic E-state index is 13.6. The van der Waals surface area contributed by atoms with Crippen LogP contribution in [-0.2, 0) is 0 Å². The third-order valence-electron chi connectivity index (χ3n) is 5.84. The summed E-state index contributed by atoms with van der Waals surface area (Å²) in [5.41, 5.74) is 3.70. The lowest BCUT2D eigenvalue weighted by Gasteiger charge is -2.11. The van der Waals surface area contributed by atoms with Crippen LogP contribution in [0.5, 0.6) is 0 Å². The monoisotopic (exact) mass is 479 g/mol. The molecule has 170 valence electrons. The van der Waals surface area contributed by atoms with E-state index in [0.29, 0.717) is 28.0 Å². The lowest BCUT2D eigenvalue weighted by Crippen LogP contribution is -2.21. The summed E-state index contributed by atoms with van der Waals surface area (Å²) in [7, 11) is 0. The maximum absolute atomic E-state index is 13.6. The topological polar surface area (TPSA) is 106 Å². The Balaban J connectivity index is 1.53. The molecule has 0 radical (unpaired) electrons. The number of hydrogen-bond acceptors (Lipinski definition) is 6. The number of anilines is 1. The standard InChI is InChI=1S/C26H17N5O3S/c1-14-21-17(25(33)28-18-10-5-9-16-22(18)26(34)29-24(16)32)13-19(20-11-6-12-35-20)27-23(21)31(30-14)15-7-3-2-4-8-15/h2-13H,1H3,(H,28,33)(H,29,32,34). The molecule has 2 N–H and O–H groups in total. The van der Waals surface area contributed by atoms with Crippen LogP contribution in [0.25, 0.3) is 27.3 Å². The van der Waals surface area contributed by atoms with E-state index in [0.717, 1.165) is 10.6 Å². The number of hydrogen-bond donors (Lipinski definition) is 2. The van der Waals surface area contributed by atoms with Gasteiger partial charge in [-0.05, 0) is 48.7 Å². The van der Waals surface area contributed by atoms with E-state index in [1.54, 1.807) is 28.9 Å². The minimum absolute atomic E-state index is 0.159. The number of aromatic nitrogens is 3. The molecule has 5 aromatic rings. The van der Waals surface area contributed by atoms with Crippen molar-refractivity contribution < 1.29 is 14.4 Å². The number of amides is 3. The minimum atomic E-state index is -0.534. The number of carbonyl (C=O) groups is 3. The Morgan fingerprint density at radius 1 is 1.00 bits per heavy atom. The van der Waals surface area contributed by atoms with Crippen LogP contribution in [0.2, 0.25) is 0 Å². The number of nitrogens with one attached hydrogen (secondary N) is 2. The van der Waals surface area contributed by atoms with Gasteiger partial charge in [-0.15, -0.1) is 11.3 Å². The number of rotatable bonds is 4. The minimum Gasteiger partial charge on any atom is -0.321 e. The highest BCUT2D eigenvalue weighted by molar-refractivity contribution is 7.13. The van der Waals surface area contributed by atoms with E-state index < -0.39 is 17.7 Å². The molecule has 4 heterocycles. The molecule has 0 saturated heterocycles. The fraction of sp³-hybridized carbons (Fsp3) is 0.0385. The average Bonchev–Trinajstić information content (AvgIpc) is 3.58. The number of fused-ring (bicyclic) bond motifs is 2. The number of pyridine rings is 1. The molecule has 0 spiro atoms. The number of imide groups is 1. The van der Waals surface area contributed by atoms with Gasteiger partial charge in [0, 0.05) is 0 Å². The number of para-hydroxylation sites is 1. The van der Waals surface area contributed by atoms with Gasteiger partial charge < -0.3 is 5.32 Å². The van der Waals surface area contributed by atoms with Crippen LogP contribution in [-0.4, -0.2) is 32.5 Å². The molecule has 3 aromatic heterocycles. The van der Waals surface area contributed by atoms with Crippen molar-refractivity contribution in [1.29, 1.82) is 0 Å². The summed E-state index contributed by atoms with van der Waals surface area (Å²) in [6.45, 7) is 1.83. The molecule has 8 nitrogen and oxygen atoms in total. The Hall–Kier alpha value is -4.63. The third kappa shape index (κ3) is 3.41. The van der Waals surface area contributed by atoms with Crippen molar-refractivity contribution in [2.24, 2.45) is 0 Å². The maximum Gasteiger partial charge on any atom is 0.261 e. The molecule has 0 saturated carbocycles. The van der Waals surface area contributed by atoms with Gasteiger partial charge in [0.15, 0.2) is 5.65 Å². The summed E-state index contributed by atoms with van der Waals surface area (Å²) >= 11 is 1.52. The first-order chi connectivity index (χ1) is 17.0. The number of aryl methyl sites for hydroxylation is 1. The highest BCUT2D eigenvalue weighted by atomic mass is 32.1. The van der Waals surface area contributed by atoms with Crippen molar-refractivity contribution in [3.05, 3.63) is 94.5 Å². The Labute approximate surface area is 203 Å². The predicted molar refractivity (Wildman–Crippen MR) is 133 cm³/mol. The summed E-state index contributed by atoms with van der Waals surface area (Å²) in [6.07, 6.45) is 0. The van der Waals surface area contributed by atoms with Crippen molar-refractivity contribution in [2.45, 2.75) is 6.92 Å². The highest BCUT2D eigenvalue weighted by Crippen LogP contribution is 2.32. The predicted octanol–water partition coefficient (Wildman–Crippen LogP) is 4.59. The zero-order valence-corrected chi connectivity index (χ0v) is 19.2. The van der Waals surface area contributed by atoms with Gasteiger partial charge in [-0.2, -0.15) is 5.10 Å². The molecule has 1 aliphatic heterocycles. The Bertz CT molecular complexity index is 1660. The summed E-state index contributed by atoms with van der Waals surface area (Å²) in [6, 6.07) is 20.0. The van der Waals surface area contributed by atoms with E-state index in [4.69, 9.17) is 4.98 Å². The van der Waals surface area contributed by atoms with E-state index in [1.165, 1.54) is 11.3 Å². The van der Waals surface area contributed by atoms with E-state index in [1.807, 2.05) is 54.8 Å². The second-order valence-corrected chi connectivity index (χ2v) is 8.98. The van der Waals surface area contributed by atoms with Crippen molar-refractivity contribution in [2.75, 3.05) is 5.32 Å². The smallest absolute Gasteiger partial charge is 0.261 e. The summed E-state index contributed by atoms with van der Waals surface area (Å²) in [5.74, 6) is -1.44. The second kappa shape index (κ2) is 8.00. The summed E-state index contributed by atoms with van der Waals surface area (Å²) < 4.78 is 1.73. The summed E-state index contributed by atoms with van der Waals surface area (Å²) in [5, 5.41) is 12.3. The van der Waals surface area contributed by atoms with Crippen LogP contribution < -0.4 is 10.6 Å². The van der Waals surface area contributed by atoms with Gasteiger partial charge in [-0.1, -0.05) is 30.3 Å². The highest BCUT2D eigenvalue weighted by Gasteiger charge is 2.30. The summed E-state index contributed by atoms with van der Waals surface area (Å²) in [4.78, 5) is 43.8. The second-order valence-electron chi connectivity index (χ2n) is 8.03. The van der Waals surface area contributed by atoms with Gasteiger partial charge in [0.1, 0.15) is 0 Å². The van der Waals surface area contributed by atoms with Gasteiger partial charge in [0.05, 0.1) is 49.7 Å².